The number of carbonyl (C=O) groups is 1. The SMILES string of the molecule is C#CC(O)C=CCCCCCCC#CCC=CCCCCCCCCCCCCC#CC(=O)O. The molecule has 0 aliphatic carbocycles. The lowest BCUT2D eigenvalue weighted by molar-refractivity contribution is -0.130. The molecule has 0 radical (unpaired) electrons. The standard InChI is InChI=1S/C31H46O3/c1-2-30(32)28-26-24-22-20-18-16-14-12-10-8-6-4-3-5-7-9-11-13-15-17-19-21-23-25-27-29-31(33)34/h1,4,6,26,28,30,32H,3,5,7-9,11,13-25H2,(H,33,34). The first kappa shape index (κ1) is 31.6. The smallest absolute Gasteiger partial charge is 0.381 e. The Morgan fingerprint density at radius 3 is 1.74 bits per heavy atom. The molecule has 0 aromatic carbocycles. The predicted octanol–water partition coefficient (Wildman–Crippen LogP) is 7.60. The number of carboxylic acids is 1. The number of hydrogen-bond donors (Lipinski definition) is 2. The number of unbranched alkanes of at least 4 members (excludes halogenated alkanes) is 16. The predicted molar refractivity (Wildman–Crippen MR) is 144 cm³/mol. The van der Waals surface area contributed by atoms with E-state index in [-0.39, 0.29) is 0 Å². The van der Waals surface area contributed by atoms with Gasteiger partial charge in [0.2, 0.25) is 0 Å². The Hall–Kier alpha value is -2.41. The molecule has 0 aromatic heterocycles. The average Bonchev–Trinajstić information content (AvgIpc) is 2.83. The van der Waals surface area contributed by atoms with E-state index in [0.29, 0.717) is 6.42 Å². The highest BCUT2D eigenvalue weighted by molar-refractivity contribution is 5.86. The molecule has 0 heterocycles. The van der Waals surface area contributed by atoms with E-state index in [0.717, 1.165) is 44.9 Å². The van der Waals surface area contributed by atoms with Crippen molar-refractivity contribution < 1.29 is 15.0 Å². The van der Waals surface area contributed by atoms with Crippen molar-refractivity contribution in [1.82, 2.24) is 0 Å². The van der Waals surface area contributed by atoms with Crippen molar-refractivity contribution in [3.63, 3.8) is 0 Å². The van der Waals surface area contributed by atoms with Crippen LogP contribution in [0.1, 0.15) is 122 Å². The van der Waals surface area contributed by atoms with Crippen LogP contribution in [0, 0.1) is 36.0 Å². The summed E-state index contributed by atoms with van der Waals surface area (Å²) < 4.78 is 0. The van der Waals surface area contributed by atoms with E-state index in [1.807, 2.05) is 6.08 Å². The van der Waals surface area contributed by atoms with Gasteiger partial charge < -0.3 is 10.2 Å². The maximum atomic E-state index is 10.3. The number of rotatable bonds is 20. The zero-order valence-electron chi connectivity index (χ0n) is 21.2. The second kappa shape index (κ2) is 26.8. The largest absolute Gasteiger partial charge is 0.472 e. The molecule has 0 rings (SSSR count). The van der Waals surface area contributed by atoms with Crippen molar-refractivity contribution in [2.24, 2.45) is 0 Å². The van der Waals surface area contributed by atoms with Crippen LogP contribution in [-0.4, -0.2) is 22.3 Å². The van der Waals surface area contributed by atoms with E-state index in [1.165, 1.54) is 70.6 Å². The topological polar surface area (TPSA) is 57.5 Å². The lowest BCUT2D eigenvalue weighted by Crippen LogP contribution is -1.95. The molecule has 188 valence electrons. The normalized spacial score (nSPS) is 11.5. The minimum Gasteiger partial charge on any atom is -0.472 e. The Morgan fingerprint density at radius 1 is 0.676 bits per heavy atom. The highest BCUT2D eigenvalue weighted by Crippen LogP contribution is 2.12. The van der Waals surface area contributed by atoms with E-state index in [2.05, 4.69) is 41.8 Å². The van der Waals surface area contributed by atoms with Gasteiger partial charge in [0.25, 0.3) is 0 Å². The Balaban J connectivity index is 3.29. The first-order valence-electron chi connectivity index (χ1n) is 13.3. The van der Waals surface area contributed by atoms with Crippen molar-refractivity contribution in [3.05, 3.63) is 24.3 Å². The molecule has 0 saturated heterocycles. The van der Waals surface area contributed by atoms with Crippen molar-refractivity contribution in [3.8, 4) is 36.0 Å². The van der Waals surface area contributed by atoms with Gasteiger partial charge in [-0.05, 0) is 44.6 Å². The highest BCUT2D eigenvalue weighted by atomic mass is 16.4. The molecular weight excluding hydrogens is 420 g/mol. The van der Waals surface area contributed by atoms with Crippen molar-refractivity contribution in [2.45, 2.75) is 128 Å². The number of aliphatic hydroxyl groups is 1. The van der Waals surface area contributed by atoms with Gasteiger partial charge in [-0.25, -0.2) is 4.79 Å². The third kappa shape index (κ3) is 27.6. The molecule has 3 nitrogen and oxygen atoms in total. The van der Waals surface area contributed by atoms with Gasteiger partial charge in [0.1, 0.15) is 6.10 Å². The minimum absolute atomic E-state index is 0.703. The fourth-order valence-electron chi connectivity index (χ4n) is 3.56. The molecule has 0 aliphatic rings. The summed E-state index contributed by atoms with van der Waals surface area (Å²) in [4.78, 5) is 10.3. The summed E-state index contributed by atoms with van der Waals surface area (Å²) in [6.45, 7) is 0. The minimum atomic E-state index is -1.03. The van der Waals surface area contributed by atoms with Crippen LogP contribution in [0.15, 0.2) is 24.3 Å². The monoisotopic (exact) mass is 466 g/mol. The van der Waals surface area contributed by atoms with E-state index < -0.39 is 12.1 Å². The summed E-state index contributed by atoms with van der Waals surface area (Å²) in [7, 11) is 0. The van der Waals surface area contributed by atoms with E-state index in [4.69, 9.17) is 11.5 Å². The number of terminal acetylenes is 1. The third-order valence-corrected chi connectivity index (χ3v) is 5.54. The molecule has 0 amide bonds. The Bertz CT molecular complexity index is 703. The summed E-state index contributed by atoms with van der Waals surface area (Å²) in [5, 5.41) is 17.6. The molecule has 1 atom stereocenters. The van der Waals surface area contributed by atoms with Crippen LogP contribution >= 0.6 is 0 Å². The third-order valence-electron chi connectivity index (χ3n) is 5.54. The lowest BCUT2D eigenvalue weighted by atomic mass is 10.1. The molecule has 0 saturated carbocycles. The maximum Gasteiger partial charge on any atom is 0.381 e. The second-order valence-corrected chi connectivity index (χ2v) is 8.70. The summed E-state index contributed by atoms with van der Waals surface area (Å²) in [6, 6.07) is 0. The number of aliphatic carboxylic acids is 1. The highest BCUT2D eigenvalue weighted by Gasteiger charge is 1.93. The van der Waals surface area contributed by atoms with Gasteiger partial charge in [0.05, 0.1) is 0 Å². The summed E-state index contributed by atoms with van der Waals surface area (Å²) in [5.41, 5.74) is 0. The average molecular weight is 467 g/mol. The number of allylic oxidation sites excluding steroid dienone is 3. The van der Waals surface area contributed by atoms with Gasteiger partial charge in [-0.2, -0.15) is 0 Å². The van der Waals surface area contributed by atoms with Gasteiger partial charge >= 0.3 is 5.97 Å². The molecule has 3 heteroatoms. The maximum absolute atomic E-state index is 10.3. The molecule has 2 N–H and O–H groups in total. The first-order chi connectivity index (χ1) is 16.7. The van der Waals surface area contributed by atoms with Crippen molar-refractivity contribution >= 4 is 5.97 Å². The fourth-order valence-corrected chi connectivity index (χ4v) is 3.56. The quantitative estimate of drug-likeness (QED) is 0.110. The number of hydrogen-bond acceptors (Lipinski definition) is 2. The van der Waals surface area contributed by atoms with Crippen LogP contribution in [0.3, 0.4) is 0 Å². The van der Waals surface area contributed by atoms with E-state index >= 15 is 0 Å². The van der Waals surface area contributed by atoms with Crippen LogP contribution in [0.4, 0.5) is 0 Å². The Labute approximate surface area is 209 Å². The van der Waals surface area contributed by atoms with Gasteiger partial charge in [-0.1, -0.05) is 100 Å². The zero-order chi connectivity index (χ0) is 25.0. The summed E-state index contributed by atoms with van der Waals surface area (Å²) in [6.07, 6.45) is 34.5. The molecule has 0 bridgehead atoms. The zero-order valence-corrected chi connectivity index (χ0v) is 21.2. The van der Waals surface area contributed by atoms with Crippen LogP contribution < -0.4 is 0 Å². The second-order valence-electron chi connectivity index (χ2n) is 8.70. The summed E-state index contributed by atoms with van der Waals surface area (Å²) >= 11 is 0. The molecule has 1 unspecified atom stereocenters. The van der Waals surface area contributed by atoms with Crippen LogP contribution in [-0.2, 0) is 4.79 Å². The summed E-state index contributed by atoms with van der Waals surface area (Å²) in [5.74, 6) is 12.6. The van der Waals surface area contributed by atoms with E-state index in [9.17, 15) is 9.90 Å². The van der Waals surface area contributed by atoms with Gasteiger partial charge in [-0.3, -0.25) is 0 Å². The van der Waals surface area contributed by atoms with Gasteiger partial charge in [0.15, 0.2) is 0 Å². The first-order valence-corrected chi connectivity index (χ1v) is 13.3. The van der Waals surface area contributed by atoms with E-state index in [1.54, 1.807) is 6.08 Å². The van der Waals surface area contributed by atoms with Crippen LogP contribution in [0.5, 0.6) is 0 Å². The molecule has 0 spiro atoms. The Morgan fingerprint density at radius 2 is 1.18 bits per heavy atom. The number of aliphatic hydroxyl groups excluding tert-OH is 1. The molecule has 0 aliphatic heterocycles. The molecule has 0 fully saturated rings. The molecule has 0 aromatic rings. The van der Waals surface area contributed by atoms with Crippen LogP contribution in [0.25, 0.3) is 0 Å². The molecular formula is C31H46O3. The fraction of sp³-hybridized carbons (Fsp3) is 0.645. The van der Waals surface area contributed by atoms with Crippen molar-refractivity contribution in [2.75, 3.05) is 0 Å². The lowest BCUT2D eigenvalue weighted by Gasteiger charge is -2.01. The Kier molecular flexibility index (Phi) is 24.9. The van der Waals surface area contributed by atoms with Gasteiger partial charge in [-0.15, -0.1) is 12.3 Å². The van der Waals surface area contributed by atoms with Crippen LogP contribution in [0.2, 0.25) is 0 Å². The number of carboxylic acid groups (broad SMARTS) is 1. The van der Waals surface area contributed by atoms with Gasteiger partial charge in [0, 0.05) is 25.2 Å². The van der Waals surface area contributed by atoms with Crippen molar-refractivity contribution in [1.29, 1.82) is 0 Å². The molecule has 34 heavy (non-hydrogen) atoms.